The molecule has 0 aliphatic carbocycles. The lowest BCUT2D eigenvalue weighted by atomic mass is 9.92. The molecule has 5 nitrogen and oxygen atoms in total. The fourth-order valence-electron chi connectivity index (χ4n) is 3.00. The summed E-state index contributed by atoms with van der Waals surface area (Å²) in [7, 11) is 0. The average molecular weight is 298 g/mol. The number of piperidine rings is 1. The number of hydrogen-bond acceptors (Lipinski definition) is 3. The highest BCUT2D eigenvalue weighted by Crippen LogP contribution is 2.18. The average Bonchev–Trinajstić information content (AvgIpc) is 2.42. The third kappa shape index (κ3) is 8.71. The summed E-state index contributed by atoms with van der Waals surface area (Å²) in [6, 6.07) is 0. The molecule has 21 heavy (non-hydrogen) atoms. The van der Waals surface area contributed by atoms with Gasteiger partial charge in [0.25, 0.3) is 0 Å². The van der Waals surface area contributed by atoms with Crippen LogP contribution in [0.25, 0.3) is 0 Å². The van der Waals surface area contributed by atoms with Crippen LogP contribution in [0.5, 0.6) is 0 Å². The second-order valence-electron chi connectivity index (χ2n) is 6.63. The Balaban J connectivity index is 2.23. The monoisotopic (exact) mass is 298 g/mol. The van der Waals surface area contributed by atoms with Crippen LogP contribution in [-0.2, 0) is 9.59 Å². The molecule has 0 saturated carbocycles. The van der Waals surface area contributed by atoms with Gasteiger partial charge < -0.3 is 15.7 Å². The molecule has 1 unspecified atom stereocenters. The molecule has 1 aliphatic heterocycles. The van der Waals surface area contributed by atoms with Crippen molar-refractivity contribution in [1.82, 2.24) is 10.6 Å². The lowest BCUT2D eigenvalue weighted by Crippen LogP contribution is -2.32. The van der Waals surface area contributed by atoms with Crippen LogP contribution in [0.2, 0.25) is 0 Å². The van der Waals surface area contributed by atoms with Gasteiger partial charge in [-0.15, -0.1) is 0 Å². The molecular weight excluding hydrogens is 268 g/mol. The van der Waals surface area contributed by atoms with Crippen LogP contribution in [-0.4, -0.2) is 36.6 Å². The van der Waals surface area contributed by atoms with Crippen LogP contribution in [0.15, 0.2) is 0 Å². The summed E-state index contributed by atoms with van der Waals surface area (Å²) in [5, 5.41) is 15.2. The van der Waals surface area contributed by atoms with Crippen molar-refractivity contribution in [2.75, 3.05) is 19.6 Å². The van der Waals surface area contributed by atoms with E-state index in [9.17, 15) is 9.59 Å². The van der Waals surface area contributed by atoms with Crippen LogP contribution in [0.1, 0.15) is 52.4 Å². The molecule has 1 heterocycles. The van der Waals surface area contributed by atoms with E-state index < -0.39 is 5.97 Å². The smallest absolute Gasteiger partial charge is 0.303 e. The molecule has 1 atom stereocenters. The highest BCUT2D eigenvalue weighted by molar-refractivity contribution is 5.76. The number of hydrogen-bond donors (Lipinski definition) is 3. The lowest BCUT2D eigenvalue weighted by Gasteiger charge is -2.22. The standard InChI is InChI=1S/C16H30N2O3/c1-12(2)9-14(10-16(20)21)11-18-15(19)4-3-13-5-7-17-8-6-13/h12-14,17H,3-11H2,1-2H3,(H,18,19)(H,20,21). The first-order valence-electron chi connectivity index (χ1n) is 8.16. The van der Waals surface area contributed by atoms with Crippen molar-refractivity contribution in [3.8, 4) is 0 Å². The largest absolute Gasteiger partial charge is 0.481 e. The molecule has 0 radical (unpaired) electrons. The Morgan fingerprint density at radius 3 is 2.52 bits per heavy atom. The van der Waals surface area contributed by atoms with Crippen molar-refractivity contribution in [1.29, 1.82) is 0 Å². The van der Waals surface area contributed by atoms with Crippen LogP contribution < -0.4 is 10.6 Å². The third-order valence-electron chi connectivity index (χ3n) is 4.09. The van der Waals surface area contributed by atoms with Gasteiger partial charge in [0.15, 0.2) is 0 Å². The Morgan fingerprint density at radius 1 is 1.29 bits per heavy atom. The molecule has 0 spiro atoms. The molecule has 0 bridgehead atoms. The topological polar surface area (TPSA) is 78.4 Å². The zero-order chi connectivity index (χ0) is 15.7. The summed E-state index contributed by atoms with van der Waals surface area (Å²) < 4.78 is 0. The molecule has 1 saturated heterocycles. The highest BCUT2D eigenvalue weighted by Gasteiger charge is 2.17. The van der Waals surface area contributed by atoms with Gasteiger partial charge in [0.2, 0.25) is 5.91 Å². The van der Waals surface area contributed by atoms with Gasteiger partial charge in [-0.3, -0.25) is 9.59 Å². The summed E-state index contributed by atoms with van der Waals surface area (Å²) in [5.74, 6) is 0.408. The minimum Gasteiger partial charge on any atom is -0.481 e. The third-order valence-corrected chi connectivity index (χ3v) is 4.09. The van der Waals surface area contributed by atoms with Crippen molar-refractivity contribution in [2.24, 2.45) is 17.8 Å². The molecular formula is C16H30N2O3. The zero-order valence-corrected chi connectivity index (χ0v) is 13.4. The molecule has 0 aromatic heterocycles. The van der Waals surface area contributed by atoms with Crippen LogP contribution >= 0.6 is 0 Å². The van der Waals surface area contributed by atoms with Crippen molar-refractivity contribution < 1.29 is 14.7 Å². The predicted octanol–water partition coefficient (Wildman–Crippen LogP) is 2.02. The minimum absolute atomic E-state index is 0.0327. The Morgan fingerprint density at radius 2 is 1.95 bits per heavy atom. The van der Waals surface area contributed by atoms with Gasteiger partial charge in [0.05, 0.1) is 0 Å². The SMILES string of the molecule is CC(C)CC(CNC(=O)CCC1CCNCC1)CC(=O)O. The summed E-state index contributed by atoms with van der Waals surface area (Å²) in [6.45, 7) is 6.75. The fraction of sp³-hybridized carbons (Fsp3) is 0.875. The minimum atomic E-state index is -0.787. The van der Waals surface area contributed by atoms with Gasteiger partial charge in [-0.25, -0.2) is 0 Å². The maximum absolute atomic E-state index is 11.9. The van der Waals surface area contributed by atoms with Gasteiger partial charge in [-0.05, 0) is 56.5 Å². The molecule has 1 aliphatic rings. The van der Waals surface area contributed by atoms with Gasteiger partial charge >= 0.3 is 5.97 Å². The van der Waals surface area contributed by atoms with Gasteiger partial charge in [-0.1, -0.05) is 13.8 Å². The normalized spacial score (nSPS) is 17.7. The maximum Gasteiger partial charge on any atom is 0.303 e. The highest BCUT2D eigenvalue weighted by atomic mass is 16.4. The van der Waals surface area contributed by atoms with Crippen molar-refractivity contribution in [3.63, 3.8) is 0 Å². The molecule has 1 fully saturated rings. The summed E-state index contributed by atoms with van der Waals surface area (Å²) in [6.07, 6.45) is 4.78. The van der Waals surface area contributed by atoms with Crippen molar-refractivity contribution in [2.45, 2.75) is 52.4 Å². The molecule has 5 heteroatoms. The van der Waals surface area contributed by atoms with Crippen LogP contribution in [0, 0.1) is 17.8 Å². The first-order valence-corrected chi connectivity index (χ1v) is 8.16. The number of carbonyl (C=O) groups excluding carboxylic acids is 1. The number of rotatable bonds is 9. The molecule has 1 rings (SSSR count). The lowest BCUT2D eigenvalue weighted by molar-refractivity contribution is -0.138. The number of nitrogens with one attached hydrogen (secondary N) is 2. The van der Waals surface area contributed by atoms with E-state index in [2.05, 4.69) is 24.5 Å². The van der Waals surface area contributed by atoms with Gasteiger partial charge in [0.1, 0.15) is 0 Å². The Labute approximate surface area is 127 Å². The quantitative estimate of drug-likeness (QED) is 0.608. The molecule has 122 valence electrons. The second-order valence-corrected chi connectivity index (χ2v) is 6.63. The predicted molar refractivity (Wildman–Crippen MR) is 83.0 cm³/mol. The summed E-state index contributed by atoms with van der Waals surface area (Å²) in [4.78, 5) is 22.7. The number of amides is 1. The maximum atomic E-state index is 11.9. The Bertz CT molecular complexity index is 325. The van der Waals surface area contributed by atoms with Gasteiger partial charge in [-0.2, -0.15) is 0 Å². The van der Waals surface area contributed by atoms with E-state index in [1.54, 1.807) is 0 Å². The Hall–Kier alpha value is -1.10. The van der Waals surface area contributed by atoms with Gasteiger partial charge in [0, 0.05) is 19.4 Å². The van der Waals surface area contributed by atoms with Crippen LogP contribution in [0.3, 0.4) is 0 Å². The van der Waals surface area contributed by atoms with E-state index in [1.165, 1.54) is 0 Å². The summed E-state index contributed by atoms with van der Waals surface area (Å²) in [5.41, 5.74) is 0. The molecule has 0 aromatic carbocycles. The second kappa shape index (κ2) is 9.77. The van der Waals surface area contributed by atoms with Crippen molar-refractivity contribution >= 4 is 11.9 Å². The molecule has 1 amide bonds. The number of carboxylic acids is 1. The number of aliphatic carboxylic acids is 1. The first kappa shape index (κ1) is 18.0. The van der Waals surface area contributed by atoms with Crippen molar-refractivity contribution in [3.05, 3.63) is 0 Å². The first-order chi connectivity index (χ1) is 9.97. The van der Waals surface area contributed by atoms with E-state index in [0.29, 0.717) is 24.8 Å². The fourth-order valence-corrected chi connectivity index (χ4v) is 3.00. The van der Waals surface area contributed by atoms with E-state index in [-0.39, 0.29) is 18.2 Å². The Kier molecular flexibility index (Phi) is 8.35. The molecule has 3 N–H and O–H groups in total. The summed E-state index contributed by atoms with van der Waals surface area (Å²) >= 11 is 0. The van der Waals surface area contributed by atoms with E-state index >= 15 is 0 Å². The van der Waals surface area contributed by atoms with E-state index in [0.717, 1.165) is 38.8 Å². The number of carbonyl (C=O) groups is 2. The zero-order valence-electron chi connectivity index (χ0n) is 13.4. The number of carboxylic acid groups (broad SMARTS) is 1. The van der Waals surface area contributed by atoms with E-state index in [1.807, 2.05) is 0 Å². The van der Waals surface area contributed by atoms with Crippen LogP contribution in [0.4, 0.5) is 0 Å². The van der Waals surface area contributed by atoms with E-state index in [4.69, 9.17) is 5.11 Å². The molecule has 0 aromatic rings.